The molecule has 0 unspecified atom stereocenters. The lowest BCUT2D eigenvalue weighted by Gasteiger charge is -2.12. The van der Waals surface area contributed by atoms with Crippen LogP contribution < -0.4 is 5.32 Å². The molecule has 0 atom stereocenters. The molecule has 0 bridgehead atoms. The molecule has 1 aromatic heterocycles. The number of imidazole rings is 1. The fourth-order valence-electron chi connectivity index (χ4n) is 2.23. The molecule has 0 spiro atoms. The molecule has 0 aliphatic heterocycles. The topological polar surface area (TPSA) is 29.9 Å². The number of hydrogen-bond donors (Lipinski definition) is 1. The van der Waals surface area contributed by atoms with E-state index in [4.69, 9.17) is 0 Å². The summed E-state index contributed by atoms with van der Waals surface area (Å²) in [6, 6.07) is 9.09. The number of nitrogens with zero attached hydrogens (tertiary/aromatic N) is 2. The Morgan fingerprint density at radius 2 is 2.05 bits per heavy atom. The van der Waals surface area contributed by atoms with Crippen molar-refractivity contribution < 1.29 is 0 Å². The Labute approximate surface area is 115 Å². The number of aryl methyl sites for hydroxylation is 2. The van der Waals surface area contributed by atoms with E-state index < -0.39 is 0 Å². The molecule has 2 rings (SSSR count). The second-order valence-corrected chi connectivity index (χ2v) is 5.37. The summed E-state index contributed by atoms with van der Waals surface area (Å²) in [6.45, 7) is 9.42. The van der Waals surface area contributed by atoms with E-state index >= 15 is 0 Å². The summed E-state index contributed by atoms with van der Waals surface area (Å²) < 4.78 is 2.19. The van der Waals surface area contributed by atoms with Crippen LogP contribution in [0.25, 0.3) is 0 Å². The van der Waals surface area contributed by atoms with Crippen molar-refractivity contribution in [2.45, 2.75) is 40.2 Å². The highest BCUT2D eigenvalue weighted by Gasteiger charge is 2.07. The highest BCUT2D eigenvalue weighted by Crippen LogP contribution is 2.15. The fourth-order valence-corrected chi connectivity index (χ4v) is 2.23. The van der Waals surface area contributed by atoms with Crippen LogP contribution >= 0.6 is 0 Å². The largest absolute Gasteiger partial charge is 0.355 e. The van der Waals surface area contributed by atoms with Gasteiger partial charge in [-0.25, -0.2) is 4.98 Å². The van der Waals surface area contributed by atoms with Gasteiger partial charge < -0.3 is 9.88 Å². The normalized spacial score (nSPS) is 11.0. The molecular formula is C16H23N3. The number of rotatable bonds is 5. The Bertz CT molecular complexity index is 541. The minimum absolute atomic E-state index is 0.433. The fraction of sp³-hybridized carbons (Fsp3) is 0.438. The van der Waals surface area contributed by atoms with Gasteiger partial charge in [0.25, 0.3) is 0 Å². The molecule has 0 amide bonds. The minimum Gasteiger partial charge on any atom is -0.355 e. The first-order valence-electron chi connectivity index (χ1n) is 6.91. The molecular weight excluding hydrogens is 234 g/mol. The lowest BCUT2D eigenvalue weighted by Crippen LogP contribution is -2.11. The highest BCUT2D eigenvalue weighted by molar-refractivity contribution is 5.30. The maximum Gasteiger partial charge on any atom is 0.203 e. The van der Waals surface area contributed by atoms with E-state index in [1.807, 2.05) is 6.92 Å². The molecule has 0 saturated heterocycles. The average Bonchev–Trinajstić information content (AvgIpc) is 2.71. The maximum atomic E-state index is 4.53. The number of aromatic nitrogens is 2. The molecule has 0 aliphatic rings. The van der Waals surface area contributed by atoms with Gasteiger partial charge in [-0.05, 0) is 39.7 Å². The number of anilines is 1. The van der Waals surface area contributed by atoms with Crippen LogP contribution in [0.15, 0.2) is 30.5 Å². The van der Waals surface area contributed by atoms with Crippen LogP contribution in [0.4, 0.5) is 5.95 Å². The van der Waals surface area contributed by atoms with E-state index in [9.17, 15) is 0 Å². The lowest BCUT2D eigenvalue weighted by atomic mass is 10.1. The molecule has 0 fully saturated rings. The van der Waals surface area contributed by atoms with Crippen LogP contribution in [0.3, 0.4) is 0 Å². The molecule has 0 saturated carbocycles. The molecule has 1 aromatic carbocycles. The zero-order valence-electron chi connectivity index (χ0n) is 12.3. The van der Waals surface area contributed by atoms with Gasteiger partial charge in [0, 0.05) is 18.8 Å². The Hall–Kier alpha value is -1.77. The molecule has 19 heavy (non-hydrogen) atoms. The van der Waals surface area contributed by atoms with Crippen LogP contribution in [0.5, 0.6) is 0 Å². The van der Waals surface area contributed by atoms with Crippen molar-refractivity contribution in [3.63, 3.8) is 0 Å². The Morgan fingerprint density at radius 3 is 2.74 bits per heavy atom. The van der Waals surface area contributed by atoms with E-state index in [0.717, 1.165) is 24.6 Å². The first-order chi connectivity index (χ1) is 9.06. The van der Waals surface area contributed by atoms with Crippen molar-refractivity contribution in [1.82, 2.24) is 9.55 Å². The molecule has 3 heteroatoms. The second-order valence-electron chi connectivity index (χ2n) is 5.37. The quantitative estimate of drug-likeness (QED) is 0.884. The van der Waals surface area contributed by atoms with E-state index in [0.29, 0.717) is 6.04 Å². The summed E-state index contributed by atoms with van der Waals surface area (Å²) in [5.41, 5.74) is 3.75. The van der Waals surface area contributed by atoms with Crippen molar-refractivity contribution in [2.24, 2.45) is 0 Å². The zero-order chi connectivity index (χ0) is 13.8. The van der Waals surface area contributed by atoms with Gasteiger partial charge in [0.1, 0.15) is 0 Å². The van der Waals surface area contributed by atoms with E-state index in [1.165, 1.54) is 11.1 Å². The predicted octanol–water partition coefficient (Wildman–Crippen LogP) is 3.74. The number of hydrogen-bond acceptors (Lipinski definition) is 2. The van der Waals surface area contributed by atoms with Gasteiger partial charge in [-0.2, -0.15) is 0 Å². The van der Waals surface area contributed by atoms with Gasteiger partial charge in [0.05, 0.1) is 5.69 Å². The molecule has 0 radical (unpaired) electrons. The van der Waals surface area contributed by atoms with Crippen LogP contribution in [-0.4, -0.2) is 16.1 Å². The maximum absolute atomic E-state index is 4.53. The van der Waals surface area contributed by atoms with Gasteiger partial charge in [-0.15, -0.1) is 0 Å². The average molecular weight is 257 g/mol. The summed E-state index contributed by atoms with van der Waals surface area (Å²) in [5, 5.41) is 3.44. The van der Waals surface area contributed by atoms with Crippen molar-refractivity contribution in [1.29, 1.82) is 0 Å². The zero-order valence-corrected chi connectivity index (χ0v) is 12.3. The minimum atomic E-state index is 0.433. The van der Waals surface area contributed by atoms with Crippen molar-refractivity contribution in [3.8, 4) is 0 Å². The van der Waals surface area contributed by atoms with Gasteiger partial charge >= 0.3 is 0 Å². The van der Waals surface area contributed by atoms with E-state index in [-0.39, 0.29) is 0 Å². The SMILES string of the molecule is Cc1cccc(CCNc2nc(C)cn2C(C)C)c1. The molecule has 3 nitrogen and oxygen atoms in total. The first kappa shape index (κ1) is 13.7. The third-order valence-electron chi connectivity index (χ3n) is 3.19. The summed E-state index contributed by atoms with van der Waals surface area (Å²) >= 11 is 0. The standard InChI is InChI=1S/C16H23N3/c1-12(2)19-11-14(4)18-16(19)17-9-8-15-7-5-6-13(3)10-15/h5-7,10-12H,8-9H2,1-4H3,(H,17,18). The summed E-state index contributed by atoms with van der Waals surface area (Å²) in [6.07, 6.45) is 3.12. The van der Waals surface area contributed by atoms with Crippen LogP contribution in [0.1, 0.15) is 36.7 Å². The highest BCUT2D eigenvalue weighted by atomic mass is 15.2. The molecule has 2 aromatic rings. The van der Waals surface area contributed by atoms with Gasteiger partial charge in [-0.3, -0.25) is 0 Å². The van der Waals surface area contributed by atoms with Crippen molar-refractivity contribution >= 4 is 5.95 Å². The summed E-state index contributed by atoms with van der Waals surface area (Å²) in [4.78, 5) is 4.53. The van der Waals surface area contributed by atoms with Crippen LogP contribution in [-0.2, 0) is 6.42 Å². The van der Waals surface area contributed by atoms with E-state index in [1.54, 1.807) is 0 Å². The number of nitrogens with one attached hydrogen (secondary N) is 1. The predicted molar refractivity (Wildman–Crippen MR) is 80.7 cm³/mol. The van der Waals surface area contributed by atoms with Crippen LogP contribution in [0, 0.1) is 13.8 Å². The molecule has 102 valence electrons. The Kier molecular flexibility index (Phi) is 4.25. The summed E-state index contributed by atoms with van der Waals surface area (Å²) in [5.74, 6) is 0.972. The summed E-state index contributed by atoms with van der Waals surface area (Å²) in [7, 11) is 0. The second kappa shape index (κ2) is 5.91. The van der Waals surface area contributed by atoms with Crippen molar-refractivity contribution in [3.05, 3.63) is 47.3 Å². The van der Waals surface area contributed by atoms with Crippen molar-refractivity contribution in [2.75, 3.05) is 11.9 Å². The smallest absolute Gasteiger partial charge is 0.203 e. The molecule has 1 N–H and O–H groups in total. The van der Waals surface area contributed by atoms with Crippen LogP contribution in [0.2, 0.25) is 0 Å². The van der Waals surface area contributed by atoms with Gasteiger partial charge in [0.15, 0.2) is 0 Å². The molecule has 1 heterocycles. The monoisotopic (exact) mass is 257 g/mol. The van der Waals surface area contributed by atoms with E-state index in [2.05, 4.69) is 66.1 Å². The Balaban J connectivity index is 1.96. The number of benzene rings is 1. The lowest BCUT2D eigenvalue weighted by molar-refractivity contribution is 0.604. The van der Waals surface area contributed by atoms with Gasteiger partial charge in [0.2, 0.25) is 5.95 Å². The molecule has 0 aliphatic carbocycles. The van der Waals surface area contributed by atoms with Gasteiger partial charge in [-0.1, -0.05) is 29.8 Å². The third-order valence-corrected chi connectivity index (χ3v) is 3.19. The third kappa shape index (κ3) is 3.60. The Morgan fingerprint density at radius 1 is 1.26 bits per heavy atom. The first-order valence-corrected chi connectivity index (χ1v) is 6.91.